The largest absolute Gasteiger partial charge is 0.455 e. The van der Waals surface area contributed by atoms with Gasteiger partial charge in [-0.1, -0.05) is 140 Å². The zero-order chi connectivity index (χ0) is 35.6. The highest BCUT2D eigenvalue weighted by Crippen LogP contribution is 2.39. The van der Waals surface area contributed by atoms with Crippen LogP contribution in [0.25, 0.3) is 71.7 Å². The molecule has 4 heteroatoms. The Labute approximate surface area is 313 Å². The number of nitrogens with one attached hydrogen (secondary N) is 2. The minimum absolute atomic E-state index is 0.118. The zero-order valence-electron chi connectivity index (χ0n) is 29.5. The number of quaternary nitrogens is 1. The van der Waals surface area contributed by atoms with Crippen molar-refractivity contribution in [2.24, 2.45) is 0 Å². The van der Waals surface area contributed by atoms with E-state index in [1.54, 1.807) is 0 Å². The highest BCUT2D eigenvalue weighted by molar-refractivity contribution is 6.13. The summed E-state index contributed by atoms with van der Waals surface area (Å²) in [4.78, 5) is 1.39. The maximum Gasteiger partial charge on any atom is 0.178 e. The van der Waals surface area contributed by atoms with Crippen LogP contribution in [0.2, 0.25) is 0 Å². The van der Waals surface area contributed by atoms with Crippen LogP contribution in [0.15, 0.2) is 199 Å². The lowest BCUT2D eigenvalue weighted by molar-refractivity contribution is -0.962. The van der Waals surface area contributed by atoms with E-state index in [-0.39, 0.29) is 12.3 Å². The molecule has 1 saturated heterocycles. The molecular weight excluding hydrogens is 659 g/mol. The first-order valence-corrected chi connectivity index (χ1v) is 18.7. The van der Waals surface area contributed by atoms with Crippen LogP contribution in [-0.4, -0.2) is 4.57 Å². The van der Waals surface area contributed by atoms with Crippen LogP contribution in [0.3, 0.4) is 0 Å². The molecule has 256 valence electrons. The third-order valence-electron chi connectivity index (χ3n) is 11.3. The Balaban J connectivity index is 0.992. The summed E-state index contributed by atoms with van der Waals surface area (Å²) in [5.41, 5.74) is 13.9. The van der Waals surface area contributed by atoms with Gasteiger partial charge in [-0.05, 0) is 59.2 Å². The number of hydrogen-bond donors (Lipinski definition) is 2. The lowest BCUT2D eigenvalue weighted by Gasteiger charge is -2.45. The molecule has 2 aromatic heterocycles. The van der Waals surface area contributed by atoms with Gasteiger partial charge in [0.15, 0.2) is 12.3 Å². The fourth-order valence-electron chi connectivity index (χ4n) is 8.67. The number of hydrogen-bond acceptors (Lipinski definition) is 2. The standard InChI is InChI=1S/C50H35N3O/c1-3-13-33(14-4-1)35-17-11-18-37(31-35)50-51-49(34-15-5-2-6-16-34)53(50)39-28-26-38(27-29-39)52-45-23-9-7-19-41(45)44-32-36(25-30-46(44)52)40-21-12-22-43-42-20-8-10-24-47(42)54-48(40)43/h1-32,49-51H/p+1. The molecule has 2 N–H and O–H groups in total. The Kier molecular flexibility index (Phi) is 7.12. The number of furan rings is 1. The Bertz CT molecular complexity index is 2980. The summed E-state index contributed by atoms with van der Waals surface area (Å²) < 4.78 is 8.84. The summed E-state index contributed by atoms with van der Waals surface area (Å²) in [6, 6.07) is 70.0. The van der Waals surface area contributed by atoms with Crippen LogP contribution < -0.4 is 10.2 Å². The summed E-state index contributed by atoms with van der Waals surface area (Å²) in [5.74, 6) is 0. The van der Waals surface area contributed by atoms with E-state index >= 15 is 0 Å². The van der Waals surface area contributed by atoms with E-state index in [1.165, 1.54) is 54.6 Å². The monoisotopic (exact) mass is 694 g/mol. The molecule has 54 heavy (non-hydrogen) atoms. The number of para-hydroxylation sites is 3. The van der Waals surface area contributed by atoms with E-state index < -0.39 is 0 Å². The van der Waals surface area contributed by atoms with Gasteiger partial charge >= 0.3 is 0 Å². The molecule has 8 aromatic carbocycles. The molecule has 3 heterocycles. The first-order chi connectivity index (χ1) is 26.8. The van der Waals surface area contributed by atoms with Crippen molar-refractivity contribution in [2.45, 2.75) is 12.3 Å². The Morgan fingerprint density at radius 2 is 1.09 bits per heavy atom. The molecule has 1 fully saturated rings. The number of aromatic nitrogens is 1. The molecular formula is C50H36N3O+. The molecule has 11 rings (SSSR count). The summed E-state index contributed by atoms with van der Waals surface area (Å²) in [6.45, 7) is 0. The summed E-state index contributed by atoms with van der Waals surface area (Å²) >= 11 is 0. The molecule has 3 atom stereocenters. The average molecular weight is 695 g/mol. The van der Waals surface area contributed by atoms with Gasteiger partial charge in [0.2, 0.25) is 0 Å². The fourth-order valence-corrected chi connectivity index (χ4v) is 8.67. The normalized spacial score (nSPS) is 17.0. The van der Waals surface area contributed by atoms with Crippen molar-refractivity contribution in [2.75, 3.05) is 0 Å². The van der Waals surface area contributed by atoms with Gasteiger partial charge in [-0.3, -0.25) is 4.90 Å². The highest BCUT2D eigenvalue weighted by atomic mass is 16.3. The second kappa shape index (κ2) is 12.5. The molecule has 0 radical (unpaired) electrons. The Morgan fingerprint density at radius 3 is 1.94 bits per heavy atom. The van der Waals surface area contributed by atoms with Crippen LogP contribution in [0.4, 0.5) is 5.69 Å². The van der Waals surface area contributed by atoms with Gasteiger partial charge in [0, 0.05) is 56.1 Å². The summed E-state index contributed by atoms with van der Waals surface area (Å²) in [7, 11) is 0. The smallest absolute Gasteiger partial charge is 0.178 e. The van der Waals surface area contributed by atoms with Crippen molar-refractivity contribution >= 4 is 49.4 Å². The van der Waals surface area contributed by atoms with Crippen molar-refractivity contribution in [3.05, 3.63) is 205 Å². The molecule has 1 aliphatic rings. The minimum Gasteiger partial charge on any atom is -0.455 e. The number of benzene rings is 8. The van der Waals surface area contributed by atoms with Crippen molar-refractivity contribution in [3.8, 4) is 27.9 Å². The average Bonchev–Trinajstić information content (AvgIpc) is 3.77. The molecule has 1 aliphatic heterocycles. The van der Waals surface area contributed by atoms with Crippen LogP contribution in [-0.2, 0) is 0 Å². The lowest BCUT2D eigenvalue weighted by Crippen LogP contribution is -3.19. The predicted molar refractivity (Wildman–Crippen MR) is 221 cm³/mol. The number of fused-ring (bicyclic) bond motifs is 6. The highest BCUT2D eigenvalue weighted by Gasteiger charge is 2.45. The zero-order valence-corrected chi connectivity index (χ0v) is 29.5. The van der Waals surface area contributed by atoms with Gasteiger partial charge in [0.05, 0.1) is 11.0 Å². The lowest BCUT2D eigenvalue weighted by atomic mass is 9.96. The quantitative estimate of drug-likeness (QED) is 0.182. The second-order valence-electron chi connectivity index (χ2n) is 14.3. The van der Waals surface area contributed by atoms with Crippen molar-refractivity contribution in [1.82, 2.24) is 9.88 Å². The first-order valence-electron chi connectivity index (χ1n) is 18.7. The molecule has 0 amide bonds. The Hall–Kier alpha value is -6.72. The molecule has 4 nitrogen and oxygen atoms in total. The topological polar surface area (TPSA) is 34.5 Å². The van der Waals surface area contributed by atoms with Crippen LogP contribution in [0, 0.1) is 0 Å². The maximum absolute atomic E-state index is 6.44. The van der Waals surface area contributed by atoms with Gasteiger partial charge in [0.1, 0.15) is 16.9 Å². The number of nitrogens with zero attached hydrogens (tertiary/aromatic N) is 1. The van der Waals surface area contributed by atoms with Crippen molar-refractivity contribution in [1.29, 1.82) is 0 Å². The molecule has 0 saturated carbocycles. The van der Waals surface area contributed by atoms with E-state index in [0.717, 1.165) is 38.8 Å². The van der Waals surface area contributed by atoms with Crippen LogP contribution in [0.5, 0.6) is 0 Å². The molecule has 0 aliphatic carbocycles. The van der Waals surface area contributed by atoms with Crippen molar-refractivity contribution in [3.63, 3.8) is 0 Å². The van der Waals surface area contributed by atoms with Gasteiger partial charge in [-0.25, -0.2) is 5.32 Å². The number of rotatable bonds is 6. The van der Waals surface area contributed by atoms with Gasteiger partial charge in [-0.2, -0.15) is 0 Å². The van der Waals surface area contributed by atoms with Gasteiger partial charge in [0.25, 0.3) is 0 Å². The third kappa shape index (κ3) is 4.92. The third-order valence-corrected chi connectivity index (χ3v) is 11.3. The van der Waals surface area contributed by atoms with E-state index in [0.29, 0.717) is 0 Å². The molecule has 0 bridgehead atoms. The molecule has 3 unspecified atom stereocenters. The second-order valence-corrected chi connectivity index (χ2v) is 14.3. The fraction of sp³-hybridized carbons (Fsp3) is 0.0400. The van der Waals surface area contributed by atoms with E-state index in [9.17, 15) is 0 Å². The molecule has 10 aromatic rings. The van der Waals surface area contributed by atoms with Gasteiger partial charge in [-0.15, -0.1) is 0 Å². The van der Waals surface area contributed by atoms with E-state index in [4.69, 9.17) is 4.42 Å². The van der Waals surface area contributed by atoms with Crippen LogP contribution >= 0.6 is 0 Å². The molecule has 0 spiro atoms. The summed E-state index contributed by atoms with van der Waals surface area (Å²) in [5, 5.41) is 8.66. The van der Waals surface area contributed by atoms with E-state index in [1.807, 2.05) is 12.1 Å². The van der Waals surface area contributed by atoms with Crippen LogP contribution in [0.1, 0.15) is 23.5 Å². The van der Waals surface area contributed by atoms with Crippen molar-refractivity contribution < 1.29 is 9.32 Å². The Morgan fingerprint density at radius 1 is 0.444 bits per heavy atom. The first kappa shape index (κ1) is 30.9. The maximum atomic E-state index is 6.44. The predicted octanol–water partition coefficient (Wildman–Crippen LogP) is 11.5. The summed E-state index contributed by atoms with van der Waals surface area (Å²) in [6.07, 6.45) is 0.262. The van der Waals surface area contributed by atoms with E-state index in [2.05, 4.69) is 192 Å². The SMILES string of the molecule is c1ccc(-c2cccc(C3NC(c4ccccc4)[NH+]3c3ccc(-n4c5ccccc5c5cc(-c6cccc7c6oc6ccccc67)ccc54)cc3)c2)cc1. The van der Waals surface area contributed by atoms with Gasteiger partial charge < -0.3 is 8.98 Å². The minimum atomic E-state index is 0.118.